The van der Waals surface area contributed by atoms with Crippen LogP contribution in [0, 0.1) is 11.8 Å². The van der Waals surface area contributed by atoms with Crippen LogP contribution in [0.25, 0.3) is 11.1 Å². The third-order valence-electron chi connectivity index (χ3n) is 6.47. The van der Waals surface area contributed by atoms with Crippen LogP contribution in [0.2, 0.25) is 0 Å². The summed E-state index contributed by atoms with van der Waals surface area (Å²) in [5.74, 6) is -1.86. The molecular formula is C25H28N2O5. The molecule has 3 unspecified atom stereocenters. The van der Waals surface area contributed by atoms with Crippen LogP contribution in [0.15, 0.2) is 48.5 Å². The van der Waals surface area contributed by atoms with Gasteiger partial charge in [-0.2, -0.15) is 0 Å². The minimum Gasteiger partial charge on any atom is -0.481 e. The van der Waals surface area contributed by atoms with Crippen LogP contribution in [0.5, 0.6) is 0 Å². The Hall–Kier alpha value is -3.35. The second kappa shape index (κ2) is 9.42. The smallest absolute Gasteiger partial charge is 0.407 e. The summed E-state index contributed by atoms with van der Waals surface area (Å²) in [6.07, 6.45) is 1.13. The number of carboxylic acids is 1. The number of fused-ring (bicyclic) bond motifs is 3. The number of aliphatic carboxylic acids is 1. The third-order valence-corrected chi connectivity index (χ3v) is 6.47. The highest BCUT2D eigenvalue weighted by Crippen LogP contribution is 2.44. The first kappa shape index (κ1) is 21.9. The van der Waals surface area contributed by atoms with Crippen LogP contribution < -0.4 is 10.6 Å². The van der Waals surface area contributed by atoms with Crippen molar-refractivity contribution in [2.45, 2.75) is 38.1 Å². The summed E-state index contributed by atoms with van der Waals surface area (Å²) in [6, 6.07) is 16.1. The minimum absolute atomic E-state index is 0.0154. The summed E-state index contributed by atoms with van der Waals surface area (Å²) >= 11 is 0. The van der Waals surface area contributed by atoms with Crippen molar-refractivity contribution in [2.24, 2.45) is 11.8 Å². The lowest BCUT2D eigenvalue weighted by molar-refractivity contribution is -0.141. The standard InChI is InChI=1S/C25H28N2O5/c1-15(23(28)27-17-11-10-16(12-17)24(29)30)13-26-25(31)32-14-22-20-8-4-2-6-18(20)19-7-3-5-9-21(19)22/h2-9,15-17,22H,10-14H2,1H3,(H,26,31)(H,27,28)(H,29,30). The van der Waals surface area contributed by atoms with Gasteiger partial charge in [0, 0.05) is 18.5 Å². The zero-order valence-electron chi connectivity index (χ0n) is 18.0. The Labute approximate surface area is 187 Å². The molecule has 2 aliphatic carbocycles. The zero-order chi connectivity index (χ0) is 22.7. The number of carbonyl (C=O) groups is 3. The second-order valence-electron chi connectivity index (χ2n) is 8.66. The lowest BCUT2D eigenvalue weighted by Gasteiger charge is -2.18. The van der Waals surface area contributed by atoms with E-state index < -0.39 is 23.9 Å². The first-order chi connectivity index (χ1) is 15.4. The van der Waals surface area contributed by atoms with Gasteiger partial charge in [0.15, 0.2) is 0 Å². The van der Waals surface area contributed by atoms with Crippen molar-refractivity contribution in [1.29, 1.82) is 0 Å². The maximum Gasteiger partial charge on any atom is 0.407 e. The molecule has 168 valence electrons. The van der Waals surface area contributed by atoms with Gasteiger partial charge in [-0.05, 0) is 41.5 Å². The summed E-state index contributed by atoms with van der Waals surface area (Å²) in [5, 5.41) is 14.6. The van der Waals surface area contributed by atoms with Gasteiger partial charge in [-0.25, -0.2) is 4.79 Å². The van der Waals surface area contributed by atoms with E-state index in [1.807, 2.05) is 24.3 Å². The molecule has 3 N–H and O–H groups in total. The normalized spacial score (nSPS) is 20.2. The molecule has 7 heteroatoms. The number of rotatable bonds is 7. The van der Waals surface area contributed by atoms with Crippen molar-refractivity contribution in [2.75, 3.05) is 13.2 Å². The number of carboxylic acid groups (broad SMARTS) is 1. The molecule has 0 saturated heterocycles. The van der Waals surface area contributed by atoms with E-state index in [9.17, 15) is 14.4 Å². The van der Waals surface area contributed by atoms with Gasteiger partial charge in [-0.15, -0.1) is 0 Å². The Morgan fingerprint density at radius 1 is 1.03 bits per heavy atom. The fourth-order valence-corrected chi connectivity index (χ4v) is 4.66. The number of amides is 2. The zero-order valence-corrected chi connectivity index (χ0v) is 18.0. The quantitative estimate of drug-likeness (QED) is 0.616. The number of alkyl carbamates (subject to hydrolysis) is 1. The molecule has 0 spiro atoms. The highest BCUT2D eigenvalue weighted by Gasteiger charge is 2.32. The molecule has 0 aromatic heterocycles. The predicted octanol–water partition coefficient (Wildman–Crippen LogP) is 3.53. The van der Waals surface area contributed by atoms with Crippen molar-refractivity contribution >= 4 is 18.0 Å². The average Bonchev–Trinajstić information content (AvgIpc) is 3.39. The third kappa shape index (κ3) is 4.61. The Morgan fingerprint density at radius 2 is 1.66 bits per heavy atom. The van der Waals surface area contributed by atoms with Crippen molar-refractivity contribution in [3.63, 3.8) is 0 Å². The monoisotopic (exact) mass is 436 g/mol. The molecule has 2 aromatic rings. The van der Waals surface area contributed by atoms with Crippen LogP contribution in [0.3, 0.4) is 0 Å². The number of carbonyl (C=O) groups excluding carboxylic acids is 2. The number of hydrogen-bond acceptors (Lipinski definition) is 4. The van der Waals surface area contributed by atoms with Gasteiger partial charge in [0.2, 0.25) is 5.91 Å². The first-order valence-corrected chi connectivity index (χ1v) is 11.1. The maximum atomic E-state index is 12.4. The molecule has 0 radical (unpaired) electrons. The van der Waals surface area contributed by atoms with E-state index in [0.717, 1.165) is 11.1 Å². The molecule has 1 saturated carbocycles. The largest absolute Gasteiger partial charge is 0.481 e. The molecule has 3 atom stereocenters. The summed E-state index contributed by atoms with van der Waals surface area (Å²) in [5.41, 5.74) is 4.62. The molecule has 1 fully saturated rings. The van der Waals surface area contributed by atoms with E-state index in [2.05, 4.69) is 34.9 Å². The predicted molar refractivity (Wildman–Crippen MR) is 119 cm³/mol. The van der Waals surface area contributed by atoms with Crippen molar-refractivity contribution in [3.8, 4) is 11.1 Å². The highest BCUT2D eigenvalue weighted by molar-refractivity contribution is 5.80. The van der Waals surface area contributed by atoms with Gasteiger partial charge in [-0.1, -0.05) is 55.5 Å². The number of nitrogens with one attached hydrogen (secondary N) is 2. The molecule has 2 aliphatic rings. The Morgan fingerprint density at radius 3 is 2.25 bits per heavy atom. The molecular weight excluding hydrogens is 408 g/mol. The van der Waals surface area contributed by atoms with Crippen LogP contribution >= 0.6 is 0 Å². The van der Waals surface area contributed by atoms with Crippen molar-refractivity contribution in [3.05, 3.63) is 59.7 Å². The fraction of sp³-hybridized carbons (Fsp3) is 0.400. The van der Waals surface area contributed by atoms with E-state index in [1.54, 1.807) is 6.92 Å². The van der Waals surface area contributed by atoms with E-state index in [-0.39, 0.29) is 31.0 Å². The molecule has 4 rings (SSSR count). The molecule has 32 heavy (non-hydrogen) atoms. The van der Waals surface area contributed by atoms with Crippen LogP contribution in [0.4, 0.5) is 4.79 Å². The molecule has 0 bridgehead atoms. The van der Waals surface area contributed by atoms with Gasteiger partial charge < -0.3 is 20.5 Å². The van der Waals surface area contributed by atoms with E-state index in [1.165, 1.54) is 11.1 Å². The molecule has 2 amide bonds. The lowest BCUT2D eigenvalue weighted by Crippen LogP contribution is -2.41. The second-order valence-corrected chi connectivity index (χ2v) is 8.66. The van der Waals surface area contributed by atoms with E-state index in [0.29, 0.717) is 19.3 Å². The summed E-state index contributed by atoms with van der Waals surface area (Å²) < 4.78 is 5.50. The number of benzene rings is 2. The molecule has 7 nitrogen and oxygen atoms in total. The molecule has 0 aliphatic heterocycles. The minimum atomic E-state index is -0.813. The van der Waals surface area contributed by atoms with Gasteiger partial charge in [0.25, 0.3) is 0 Å². The highest BCUT2D eigenvalue weighted by atomic mass is 16.5. The van der Waals surface area contributed by atoms with E-state index >= 15 is 0 Å². The SMILES string of the molecule is CC(CNC(=O)OCC1c2ccccc2-c2ccccc21)C(=O)NC1CCC(C(=O)O)C1. The average molecular weight is 437 g/mol. The lowest BCUT2D eigenvalue weighted by atomic mass is 9.98. The topological polar surface area (TPSA) is 105 Å². The van der Waals surface area contributed by atoms with Gasteiger partial charge >= 0.3 is 12.1 Å². The van der Waals surface area contributed by atoms with Gasteiger partial charge in [-0.3, -0.25) is 9.59 Å². The molecule has 2 aromatic carbocycles. The Bertz CT molecular complexity index is 975. The summed E-state index contributed by atoms with van der Waals surface area (Å²) in [7, 11) is 0. The number of hydrogen-bond donors (Lipinski definition) is 3. The maximum absolute atomic E-state index is 12.4. The summed E-state index contributed by atoms with van der Waals surface area (Å²) in [6.45, 7) is 2.10. The van der Waals surface area contributed by atoms with Crippen LogP contribution in [-0.2, 0) is 14.3 Å². The Kier molecular flexibility index (Phi) is 6.44. The van der Waals surface area contributed by atoms with Crippen LogP contribution in [0.1, 0.15) is 43.2 Å². The van der Waals surface area contributed by atoms with Crippen LogP contribution in [-0.4, -0.2) is 42.3 Å². The fourth-order valence-electron chi connectivity index (χ4n) is 4.66. The van der Waals surface area contributed by atoms with E-state index in [4.69, 9.17) is 9.84 Å². The van der Waals surface area contributed by atoms with Gasteiger partial charge in [0.05, 0.1) is 11.8 Å². The first-order valence-electron chi connectivity index (χ1n) is 11.1. The Balaban J connectivity index is 1.25. The number of ether oxygens (including phenoxy) is 1. The molecule has 0 heterocycles. The van der Waals surface area contributed by atoms with Crippen molar-refractivity contribution in [1.82, 2.24) is 10.6 Å². The van der Waals surface area contributed by atoms with Crippen molar-refractivity contribution < 1.29 is 24.2 Å². The van der Waals surface area contributed by atoms with Gasteiger partial charge in [0.1, 0.15) is 6.61 Å². The summed E-state index contributed by atoms with van der Waals surface area (Å²) in [4.78, 5) is 35.7.